The summed E-state index contributed by atoms with van der Waals surface area (Å²) in [5.74, 6) is 0.110. The molecule has 7 heteroatoms. The highest BCUT2D eigenvalue weighted by molar-refractivity contribution is 6.00. The molecular weight excluding hydrogens is 358 g/mol. The van der Waals surface area contributed by atoms with E-state index >= 15 is 0 Å². The largest absolute Gasteiger partial charge is 0.481 e. The van der Waals surface area contributed by atoms with Crippen molar-refractivity contribution in [2.45, 2.75) is 20.3 Å². The summed E-state index contributed by atoms with van der Waals surface area (Å²) in [4.78, 5) is 26.4. The molecule has 0 bridgehead atoms. The van der Waals surface area contributed by atoms with Crippen molar-refractivity contribution in [1.82, 2.24) is 14.7 Å². The highest BCUT2D eigenvalue weighted by Gasteiger charge is 2.43. The predicted octanol–water partition coefficient (Wildman–Crippen LogP) is 3.38. The maximum absolute atomic E-state index is 13.2. The minimum atomic E-state index is -0.924. The summed E-state index contributed by atoms with van der Waals surface area (Å²) in [5, 5.41) is 14.0. The molecule has 28 heavy (non-hydrogen) atoms. The van der Waals surface area contributed by atoms with Crippen LogP contribution in [0.1, 0.15) is 29.5 Å². The van der Waals surface area contributed by atoms with Gasteiger partial charge in [-0.2, -0.15) is 5.10 Å². The van der Waals surface area contributed by atoms with E-state index in [4.69, 9.17) is 4.42 Å². The normalized spacial score (nSPS) is 19.1. The molecule has 0 spiro atoms. The summed E-state index contributed by atoms with van der Waals surface area (Å²) in [6.45, 7) is 4.08. The number of hydrogen-bond donors (Lipinski definition) is 1. The number of hydrogen-bond acceptors (Lipinski definition) is 4. The Morgan fingerprint density at radius 2 is 1.93 bits per heavy atom. The molecule has 0 radical (unpaired) electrons. The van der Waals surface area contributed by atoms with Gasteiger partial charge in [-0.05, 0) is 44.5 Å². The summed E-state index contributed by atoms with van der Waals surface area (Å²) in [6, 6.07) is 13.1. The second kappa shape index (κ2) is 6.67. The third-order valence-electron chi connectivity index (χ3n) is 5.22. The van der Waals surface area contributed by atoms with Crippen LogP contribution in [0.5, 0.6) is 0 Å². The van der Waals surface area contributed by atoms with Gasteiger partial charge in [-0.1, -0.05) is 18.2 Å². The van der Waals surface area contributed by atoms with Crippen LogP contribution in [0.15, 0.2) is 53.1 Å². The molecule has 7 nitrogen and oxygen atoms in total. The Labute approximate surface area is 162 Å². The zero-order valence-corrected chi connectivity index (χ0v) is 15.8. The Morgan fingerprint density at radius 1 is 1.18 bits per heavy atom. The minimum absolute atomic E-state index is 0.175. The van der Waals surface area contributed by atoms with Crippen LogP contribution in [0.4, 0.5) is 0 Å². The van der Waals surface area contributed by atoms with Crippen molar-refractivity contribution < 1.29 is 19.1 Å². The fourth-order valence-corrected chi connectivity index (χ4v) is 3.47. The number of amides is 1. The molecule has 3 aromatic rings. The minimum Gasteiger partial charge on any atom is -0.481 e. The van der Waals surface area contributed by atoms with Crippen LogP contribution in [0, 0.1) is 12.3 Å². The average molecular weight is 379 g/mol. The van der Waals surface area contributed by atoms with Gasteiger partial charge in [-0.15, -0.1) is 0 Å². The second-order valence-corrected chi connectivity index (χ2v) is 7.42. The molecule has 1 atom stereocenters. The maximum Gasteiger partial charge on any atom is 0.311 e. The molecule has 4 rings (SSSR count). The number of likely N-dealkylation sites (tertiary alicyclic amines) is 1. The molecule has 1 saturated heterocycles. The summed E-state index contributed by atoms with van der Waals surface area (Å²) in [6.07, 6.45) is 2.11. The van der Waals surface area contributed by atoms with Gasteiger partial charge >= 0.3 is 5.97 Å². The molecule has 3 heterocycles. The van der Waals surface area contributed by atoms with Crippen LogP contribution in [-0.4, -0.2) is 44.8 Å². The fourth-order valence-electron chi connectivity index (χ4n) is 3.47. The van der Waals surface area contributed by atoms with Crippen molar-refractivity contribution in [3.05, 3.63) is 60.0 Å². The third kappa shape index (κ3) is 3.09. The quantitative estimate of drug-likeness (QED) is 0.751. The number of aryl methyl sites for hydroxylation is 1. The van der Waals surface area contributed by atoms with E-state index in [9.17, 15) is 14.7 Å². The van der Waals surface area contributed by atoms with E-state index in [0.29, 0.717) is 30.0 Å². The van der Waals surface area contributed by atoms with Gasteiger partial charge in [0.1, 0.15) is 11.5 Å². The highest BCUT2D eigenvalue weighted by atomic mass is 16.4. The number of carbonyl (C=O) groups excluding carboxylic acids is 1. The first-order chi connectivity index (χ1) is 13.4. The predicted molar refractivity (Wildman–Crippen MR) is 102 cm³/mol. The second-order valence-electron chi connectivity index (χ2n) is 7.42. The van der Waals surface area contributed by atoms with E-state index < -0.39 is 11.4 Å². The number of aromatic nitrogens is 2. The first-order valence-electron chi connectivity index (χ1n) is 9.12. The number of benzene rings is 1. The number of para-hydroxylation sites is 1. The van der Waals surface area contributed by atoms with E-state index in [1.54, 1.807) is 28.8 Å². The molecule has 1 fully saturated rings. The number of furan rings is 1. The van der Waals surface area contributed by atoms with Crippen molar-refractivity contribution in [2.75, 3.05) is 13.1 Å². The Kier molecular flexibility index (Phi) is 4.30. The van der Waals surface area contributed by atoms with Crippen LogP contribution < -0.4 is 0 Å². The lowest BCUT2D eigenvalue weighted by Crippen LogP contribution is -2.34. The third-order valence-corrected chi connectivity index (χ3v) is 5.22. The van der Waals surface area contributed by atoms with Crippen molar-refractivity contribution in [3.8, 4) is 17.1 Å². The molecule has 0 saturated carbocycles. The van der Waals surface area contributed by atoms with Crippen LogP contribution in [0.2, 0.25) is 0 Å². The van der Waals surface area contributed by atoms with Crippen LogP contribution in [0.25, 0.3) is 17.1 Å². The zero-order chi connectivity index (χ0) is 19.9. The molecule has 1 aliphatic heterocycles. The number of nitrogens with zero attached hydrogens (tertiary/aromatic N) is 3. The van der Waals surface area contributed by atoms with Crippen LogP contribution >= 0.6 is 0 Å². The summed E-state index contributed by atoms with van der Waals surface area (Å²) < 4.78 is 7.36. The molecule has 1 N–H and O–H groups in total. The van der Waals surface area contributed by atoms with Crippen molar-refractivity contribution in [3.63, 3.8) is 0 Å². The van der Waals surface area contributed by atoms with Gasteiger partial charge in [0.25, 0.3) is 5.91 Å². The molecule has 1 unspecified atom stereocenters. The number of carboxylic acid groups (broad SMARTS) is 1. The number of rotatable bonds is 4. The van der Waals surface area contributed by atoms with E-state index in [0.717, 1.165) is 11.4 Å². The average Bonchev–Trinajstić information content (AvgIpc) is 3.40. The lowest BCUT2D eigenvalue weighted by Gasteiger charge is -2.20. The SMILES string of the molecule is Cc1ccc(-c2nn(-c3ccccc3)cc2C(=O)N2CCC(C)(C(=O)O)C2)o1. The Balaban J connectivity index is 1.74. The summed E-state index contributed by atoms with van der Waals surface area (Å²) in [7, 11) is 0. The van der Waals surface area contributed by atoms with Gasteiger partial charge in [-0.3, -0.25) is 9.59 Å². The molecule has 0 aliphatic carbocycles. The maximum atomic E-state index is 13.2. The highest BCUT2D eigenvalue weighted by Crippen LogP contribution is 2.33. The number of carboxylic acids is 1. The molecule has 1 aliphatic rings. The Morgan fingerprint density at radius 3 is 2.54 bits per heavy atom. The van der Waals surface area contributed by atoms with Crippen molar-refractivity contribution in [1.29, 1.82) is 0 Å². The van der Waals surface area contributed by atoms with Gasteiger partial charge in [0.2, 0.25) is 0 Å². The van der Waals surface area contributed by atoms with E-state index in [2.05, 4.69) is 5.10 Å². The van der Waals surface area contributed by atoms with Gasteiger partial charge in [0, 0.05) is 19.3 Å². The Hall–Kier alpha value is -3.35. The topological polar surface area (TPSA) is 88.6 Å². The standard InChI is InChI=1S/C21H21N3O4/c1-14-8-9-17(28-14)18-16(12-24(22-18)15-6-4-3-5-7-15)19(25)23-11-10-21(2,13-23)20(26)27/h3-9,12H,10-11,13H2,1-2H3,(H,26,27). The lowest BCUT2D eigenvalue weighted by atomic mass is 9.90. The first kappa shape index (κ1) is 18.0. The van der Waals surface area contributed by atoms with Crippen LogP contribution in [-0.2, 0) is 4.79 Å². The van der Waals surface area contributed by atoms with E-state index in [1.165, 1.54) is 0 Å². The monoisotopic (exact) mass is 379 g/mol. The molecule has 1 amide bonds. The lowest BCUT2D eigenvalue weighted by molar-refractivity contribution is -0.147. The van der Waals surface area contributed by atoms with Gasteiger partial charge in [0.15, 0.2) is 5.76 Å². The summed E-state index contributed by atoms with van der Waals surface area (Å²) >= 11 is 0. The Bertz CT molecular complexity index is 1040. The van der Waals surface area contributed by atoms with Crippen molar-refractivity contribution in [2.24, 2.45) is 5.41 Å². The van der Waals surface area contributed by atoms with Crippen molar-refractivity contribution >= 4 is 11.9 Å². The van der Waals surface area contributed by atoms with E-state index in [1.807, 2.05) is 43.3 Å². The fraction of sp³-hybridized carbons (Fsp3) is 0.286. The number of carbonyl (C=O) groups is 2. The molecule has 144 valence electrons. The van der Waals surface area contributed by atoms with Crippen LogP contribution in [0.3, 0.4) is 0 Å². The first-order valence-corrected chi connectivity index (χ1v) is 9.12. The zero-order valence-electron chi connectivity index (χ0n) is 15.8. The summed E-state index contributed by atoms with van der Waals surface area (Å²) in [5.41, 5.74) is 0.744. The molecule has 1 aromatic carbocycles. The smallest absolute Gasteiger partial charge is 0.311 e. The number of aliphatic carboxylic acids is 1. The van der Waals surface area contributed by atoms with Gasteiger partial charge in [-0.25, -0.2) is 4.68 Å². The van der Waals surface area contributed by atoms with E-state index in [-0.39, 0.29) is 12.5 Å². The van der Waals surface area contributed by atoms with Gasteiger partial charge < -0.3 is 14.4 Å². The molecule has 2 aromatic heterocycles. The molecular formula is C21H21N3O4. The van der Waals surface area contributed by atoms with Gasteiger partial charge in [0.05, 0.1) is 16.7 Å².